The van der Waals surface area contributed by atoms with Gasteiger partial charge >= 0.3 is 18.2 Å². The largest absolute Gasteiger partial charge is 0.461 e. The monoisotopic (exact) mass is 280 g/mol. The molecule has 7 heteroatoms. The van der Waals surface area contributed by atoms with Gasteiger partial charge in [0.05, 0.1) is 6.54 Å². The summed E-state index contributed by atoms with van der Waals surface area (Å²) < 4.78 is 30.6. The van der Waals surface area contributed by atoms with Crippen molar-refractivity contribution in [3.8, 4) is 6.01 Å². The number of rotatable bonds is 6. The lowest BCUT2D eigenvalue weighted by molar-refractivity contribution is 0.279. The molecule has 0 saturated heterocycles. The van der Waals surface area contributed by atoms with E-state index < -0.39 is 12.2 Å². The van der Waals surface area contributed by atoms with Crippen LogP contribution in [-0.2, 0) is 0 Å². The molecular formula is C13H14F2N4O. The third-order valence-electron chi connectivity index (χ3n) is 2.66. The Morgan fingerprint density at radius 1 is 1.05 bits per heavy atom. The predicted octanol–water partition coefficient (Wildman–Crippen LogP) is 2.06. The molecule has 0 aliphatic carbocycles. The van der Waals surface area contributed by atoms with E-state index in [1.165, 1.54) is 0 Å². The molecule has 0 saturated carbocycles. The summed E-state index contributed by atoms with van der Waals surface area (Å²) in [5, 5.41) is 0. The molecule has 0 aliphatic rings. The van der Waals surface area contributed by atoms with Crippen molar-refractivity contribution >= 4 is 5.69 Å². The Morgan fingerprint density at radius 3 is 2.30 bits per heavy atom. The summed E-state index contributed by atoms with van der Waals surface area (Å²) in [4.78, 5) is 11.4. The van der Waals surface area contributed by atoms with E-state index in [1.807, 2.05) is 37.3 Å². The Balaban J connectivity index is 1.91. The van der Waals surface area contributed by atoms with Gasteiger partial charge in [0.25, 0.3) is 0 Å². The Labute approximate surface area is 115 Å². The molecule has 2 aromatic rings. The van der Waals surface area contributed by atoms with Crippen LogP contribution in [0.15, 0.2) is 30.3 Å². The van der Waals surface area contributed by atoms with E-state index >= 15 is 0 Å². The highest BCUT2D eigenvalue weighted by molar-refractivity contribution is 5.45. The molecule has 0 unspecified atom stereocenters. The molecule has 0 radical (unpaired) electrons. The maximum Gasteiger partial charge on any atom is 0.324 e. The van der Waals surface area contributed by atoms with Gasteiger partial charge in [-0.2, -0.15) is 13.8 Å². The highest BCUT2D eigenvalue weighted by atomic mass is 19.1. The zero-order chi connectivity index (χ0) is 14.4. The lowest BCUT2D eigenvalue weighted by Gasteiger charge is -2.22. The van der Waals surface area contributed by atoms with Gasteiger partial charge in [0.15, 0.2) is 0 Å². The molecule has 0 aliphatic heterocycles. The molecule has 1 aromatic heterocycles. The van der Waals surface area contributed by atoms with Crippen molar-refractivity contribution in [3.05, 3.63) is 42.5 Å². The number of ether oxygens (including phenoxy) is 1. The summed E-state index contributed by atoms with van der Waals surface area (Å²) in [5.41, 5.74) is 1.05. The molecule has 0 spiro atoms. The minimum atomic E-state index is -1.19. The highest BCUT2D eigenvalue weighted by Crippen LogP contribution is 2.12. The van der Waals surface area contributed by atoms with Crippen LogP contribution in [0, 0.1) is 12.2 Å². The van der Waals surface area contributed by atoms with Gasteiger partial charge in [0.2, 0.25) is 0 Å². The van der Waals surface area contributed by atoms with Gasteiger partial charge in [-0.05, 0) is 19.1 Å². The van der Waals surface area contributed by atoms with Crippen LogP contribution in [0.5, 0.6) is 6.01 Å². The molecule has 0 atom stereocenters. The minimum Gasteiger partial charge on any atom is -0.461 e. The average Bonchev–Trinajstić information content (AvgIpc) is 2.43. The summed E-state index contributed by atoms with van der Waals surface area (Å²) in [6.45, 7) is 3.56. The molecule has 106 valence electrons. The lowest BCUT2D eigenvalue weighted by Crippen LogP contribution is -2.28. The number of halogens is 2. The molecule has 0 N–H and O–H groups in total. The van der Waals surface area contributed by atoms with E-state index in [1.54, 1.807) is 0 Å². The van der Waals surface area contributed by atoms with Crippen LogP contribution in [-0.4, -0.2) is 34.6 Å². The smallest absolute Gasteiger partial charge is 0.324 e. The van der Waals surface area contributed by atoms with Crippen molar-refractivity contribution in [3.63, 3.8) is 0 Å². The second-order valence-corrected chi connectivity index (χ2v) is 3.92. The molecular weight excluding hydrogens is 266 g/mol. The number of anilines is 1. The first-order valence-electron chi connectivity index (χ1n) is 6.19. The maximum absolute atomic E-state index is 12.8. The van der Waals surface area contributed by atoms with Crippen molar-refractivity contribution in [2.45, 2.75) is 6.92 Å². The standard InChI is InChI=1S/C13H14F2N4O/c1-2-19(10-6-4-3-5-7-10)8-9-20-13-17-11(14)16-12(15)18-13/h3-7H,2,8-9H2,1H3. The molecule has 2 rings (SSSR count). The van der Waals surface area contributed by atoms with Crippen LogP contribution in [0.1, 0.15) is 6.92 Å². The first-order valence-corrected chi connectivity index (χ1v) is 6.19. The summed E-state index contributed by atoms with van der Waals surface area (Å²) in [5.74, 6) is 0. The van der Waals surface area contributed by atoms with Gasteiger partial charge in [0.1, 0.15) is 6.61 Å². The van der Waals surface area contributed by atoms with Gasteiger partial charge in [0, 0.05) is 12.2 Å². The van der Waals surface area contributed by atoms with Gasteiger partial charge in [-0.15, -0.1) is 9.97 Å². The quantitative estimate of drug-likeness (QED) is 0.810. The van der Waals surface area contributed by atoms with Gasteiger partial charge < -0.3 is 9.64 Å². The third-order valence-corrected chi connectivity index (χ3v) is 2.66. The second kappa shape index (κ2) is 6.74. The van der Waals surface area contributed by atoms with Crippen LogP contribution >= 0.6 is 0 Å². The number of benzene rings is 1. The summed E-state index contributed by atoms with van der Waals surface area (Å²) in [7, 11) is 0. The predicted molar refractivity (Wildman–Crippen MR) is 69.6 cm³/mol. The number of para-hydroxylation sites is 1. The van der Waals surface area contributed by atoms with Crippen LogP contribution in [0.3, 0.4) is 0 Å². The molecule has 1 aromatic carbocycles. The number of likely N-dealkylation sites (N-methyl/N-ethyl adjacent to an activating group) is 1. The van der Waals surface area contributed by atoms with Crippen LogP contribution in [0.25, 0.3) is 0 Å². The number of hydrogen-bond donors (Lipinski definition) is 0. The van der Waals surface area contributed by atoms with Crippen LogP contribution in [0.2, 0.25) is 0 Å². The molecule has 1 heterocycles. The summed E-state index contributed by atoms with van der Waals surface area (Å²) >= 11 is 0. The number of hydrogen-bond acceptors (Lipinski definition) is 5. The Morgan fingerprint density at radius 2 is 1.70 bits per heavy atom. The number of aromatic nitrogens is 3. The molecule has 5 nitrogen and oxygen atoms in total. The third kappa shape index (κ3) is 3.84. The van der Waals surface area contributed by atoms with Crippen LogP contribution < -0.4 is 9.64 Å². The fourth-order valence-corrected chi connectivity index (χ4v) is 1.73. The van der Waals surface area contributed by atoms with Gasteiger partial charge in [-0.1, -0.05) is 18.2 Å². The zero-order valence-electron chi connectivity index (χ0n) is 11.0. The molecule has 0 fully saturated rings. The fourth-order valence-electron chi connectivity index (χ4n) is 1.73. The first kappa shape index (κ1) is 14.1. The zero-order valence-corrected chi connectivity index (χ0v) is 11.0. The van der Waals surface area contributed by atoms with Crippen molar-refractivity contribution < 1.29 is 13.5 Å². The van der Waals surface area contributed by atoms with Crippen molar-refractivity contribution in [2.24, 2.45) is 0 Å². The second-order valence-electron chi connectivity index (χ2n) is 3.92. The SMILES string of the molecule is CCN(CCOc1nc(F)nc(F)n1)c1ccccc1. The Kier molecular flexibility index (Phi) is 4.75. The average molecular weight is 280 g/mol. The van der Waals surface area contributed by atoms with Crippen LogP contribution in [0.4, 0.5) is 14.5 Å². The number of nitrogens with zero attached hydrogens (tertiary/aromatic N) is 4. The van der Waals surface area contributed by atoms with Crippen molar-refractivity contribution in [1.29, 1.82) is 0 Å². The molecule has 0 bridgehead atoms. The topological polar surface area (TPSA) is 51.1 Å². The summed E-state index contributed by atoms with van der Waals surface area (Å²) in [6.07, 6.45) is -2.38. The Hall–Kier alpha value is -2.31. The van der Waals surface area contributed by atoms with E-state index in [9.17, 15) is 8.78 Å². The normalized spacial score (nSPS) is 10.3. The van der Waals surface area contributed by atoms with E-state index in [0.29, 0.717) is 6.54 Å². The van der Waals surface area contributed by atoms with E-state index in [4.69, 9.17) is 4.74 Å². The van der Waals surface area contributed by atoms with E-state index in [2.05, 4.69) is 19.9 Å². The van der Waals surface area contributed by atoms with E-state index in [-0.39, 0.29) is 12.6 Å². The molecule has 20 heavy (non-hydrogen) atoms. The van der Waals surface area contributed by atoms with Crippen molar-refractivity contribution in [2.75, 3.05) is 24.6 Å². The Bertz CT molecular complexity index is 533. The lowest BCUT2D eigenvalue weighted by atomic mass is 10.3. The van der Waals surface area contributed by atoms with Crippen molar-refractivity contribution in [1.82, 2.24) is 15.0 Å². The maximum atomic E-state index is 12.8. The van der Waals surface area contributed by atoms with Gasteiger partial charge in [-0.25, -0.2) is 0 Å². The van der Waals surface area contributed by atoms with E-state index in [0.717, 1.165) is 12.2 Å². The van der Waals surface area contributed by atoms with Gasteiger partial charge in [-0.3, -0.25) is 0 Å². The first-order chi connectivity index (χ1) is 9.69. The minimum absolute atomic E-state index is 0.214. The summed E-state index contributed by atoms with van der Waals surface area (Å²) in [6, 6.07) is 9.42. The molecule has 0 amide bonds. The highest BCUT2D eigenvalue weighted by Gasteiger charge is 2.08. The fraction of sp³-hybridized carbons (Fsp3) is 0.308.